The number of hydrogen-bond acceptors (Lipinski definition) is 6. The van der Waals surface area contributed by atoms with Crippen LogP contribution in [0.3, 0.4) is 0 Å². The van der Waals surface area contributed by atoms with E-state index in [1.165, 1.54) is 16.9 Å². The number of hydrogen-bond donors (Lipinski definition) is 2. The van der Waals surface area contributed by atoms with E-state index in [-0.39, 0.29) is 11.8 Å². The van der Waals surface area contributed by atoms with Crippen LogP contribution < -0.4 is 10.6 Å². The van der Waals surface area contributed by atoms with Gasteiger partial charge in [-0.05, 0) is 37.4 Å². The standard InChI is InChI=1S/C20H24N6OS/c1-2-16(14-7-4-3-5-8-14)19-23-24-20(28-19)22-18(27)17-10-12-26(25-17)15-9-6-11-21-13-15/h3-5,7-8,10,12,15-16,21H,2,6,9,11,13H2,1H3,(H,22,24,27). The Labute approximate surface area is 168 Å². The lowest BCUT2D eigenvalue weighted by molar-refractivity contribution is 0.102. The van der Waals surface area contributed by atoms with Crippen molar-refractivity contribution in [2.75, 3.05) is 18.4 Å². The normalized spacial score (nSPS) is 18.0. The Morgan fingerprint density at radius 2 is 2.18 bits per heavy atom. The smallest absolute Gasteiger partial charge is 0.277 e. The lowest BCUT2D eigenvalue weighted by Crippen LogP contribution is -2.32. The maximum Gasteiger partial charge on any atom is 0.277 e. The molecule has 7 nitrogen and oxygen atoms in total. The maximum atomic E-state index is 12.6. The van der Waals surface area contributed by atoms with Gasteiger partial charge in [-0.3, -0.25) is 14.8 Å². The highest BCUT2D eigenvalue weighted by atomic mass is 32.1. The van der Waals surface area contributed by atoms with Crippen molar-refractivity contribution < 1.29 is 4.79 Å². The number of nitrogens with zero attached hydrogens (tertiary/aromatic N) is 4. The van der Waals surface area contributed by atoms with Crippen molar-refractivity contribution in [2.24, 2.45) is 0 Å². The first kappa shape index (κ1) is 18.8. The number of nitrogens with one attached hydrogen (secondary N) is 2. The average Bonchev–Trinajstić information content (AvgIpc) is 3.40. The van der Waals surface area contributed by atoms with E-state index < -0.39 is 0 Å². The highest BCUT2D eigenvalue weighted by Crippen LogP contribution is 2.31. The molecule has 0 aliphatic carbocycles. The zero-order valence-corrected chi connectivity index (χ0v) is 16.7. The Hall–Kier alpha value is -2.58. The fourth-order valence-corrected chi connectivity index (χ4v) is 4.50. The van der Waals surface area contributed by atoms with Crippen molar-refractivity contribution >= 4 is 22.4 Å². The van der Waals surface area contributed by atoms with E-state index in [0.717, 1.165) is 37.4 Å². The number of amides is 1. The summed E-state index contributed by atoms with van der Waals surface area (Å²) in [5.74, 6) is -0.0691. The summed E-state index contributed by atoms with van der Waals surface area (Å²) >= 11 is 1.42. The van der Waals surface area contributed by atoms with Crippen LogP contribution in [0.5, 0.6) is 0 Å². The van der Waals surface area contributed by atoms with Crippen LogP contribution in [0, 0.1) is 0 Å². The van der Waals surface area contributed by atoms with Crippen molar-refractivity contribution in [2.45, 2.75) is 38.1 Å². The summed E-state index contributed by atoms with van der Waals surface area (Å²) in [5, 5.41) is 20.5. The molecule has 1 aliphatic heterocycles. The second-order valence-corrected chi connectivity index (χ2v) is 7.96. The number of anilines is 1. The van der Waals surface area contributed by atoms with E-state index in [9.17, 15) is 4.79 Å². The minimum Gasteiger partial charge on any atom is -0.315 e. The van der Waals surface area contributed by atoms with E-state index in [4.69, 9.17) is 0 Å². The van der Waals surface area contributed by atoms with Crippen LogP contribution in [0.1, 0.15) is 59.2 Å². The SMILES string of the molecule is CCC(c1ccccc1)c1nnc(NC(=O)c2ccn(C3CCCNC3)n2)s1. The summed E-state index contributed by atoms with van der Waals surface area (Å²) in [6.07, 6.45) is 5.00. The van der Waals surface area contributed by atoms with Crippen molar-refractivity contribution in [3.8, 4) is 0 Å². The summed E-state index contributed by atoms with van der Waals surface area (Å²) in [6.45, 7) is 4.07. The number of carbonyl (C=O) groups excluding carboxylic acids is 1. The van der Waals surface area contributed by atoms with Crippen molar-refractivity contribution in [1.82, 2.24) is 25.3 Å². The predicted octanol–water partition coefficient (Wildman–Crippen LogP) is 3.45. The first-order valence-corrected chi connectivity index (χ1v) is 10.5. The van der Waals surface area contributed by atoms with E-state index in [2.05, 4.69) is 45.0 Å². The zero-order valence-electron chi connectivity index (χ0n) is 15.8. The molecular formula is C20H24N6OS. The van der Waals surface area contributed by atoms with Crippen molar-refractivity contribution in [3.05, 3.63) is 58.9 Å². The van der Waals surface area contributed by atoms with Crippen LogP contribution in [-0.4, -0.2) is 39.0 Å². The Morgan fingerprint density at radius 3 is 2.93 bits per heavy atom. The van der Waals surface area contributed by atoms with Gasteiger partial charge in [0.2, 0.25) is 5.13 Å². The number of aromatic nitrogens is 4. The van der Waals surface area contributed by atoms with E-state index in [1.807, 2.05) is 29.1 Å². The largest absolute Gasteiger partial charge is 0.315 e. The summed E-state index contributed by atoms with van der Waals surface area (Å²) in [6, 6.07) is 12.3. The highest BCUT2D eigenvalue weighted by Gasteiger charge is 2.20. The Morgan fingerprint density at radius 1 is 1.32 bits per heavy atom. The second kappa shape index (κ2) is 8.62. The molecule has 1 aromatic carbocycles. The van der Waals surface area contributed by atoms with Crippen LogP contribution >= 0.6 is 11.3 Å². The minimum absolute atomic E-state index is 0.183. The first-order chi connectivity index (χ1) is 13.7. The highest BCUT2D eigenvalue weighted by molar-refractivity contribution is 7.15. The van der Waals surface area contributed by atoms with Gasteiger partial charge in [0.1, 0.15) is 5.01 Å². The molecule has 28 heavy (non-hydrogen) atoms. The molecule has 2 N–H and O–H groups in total. The minimum atomic E-state index is -0.252. The third-order valence-electron chi connectivity index (χ3n) is 5.06. The molecule has 146 valence electrons. The van der Waals surface area contributed by atoms with E-state index in [1.54, 1.807) is 6.07 Å². The van der Waals surface area contributed by atoms with Crippen LogP contribution in [0.15, 0.2) is 42.6 Å². The zero-order chi connectivity index (χ0) is 19.3. The average molecular weight is 397 g/mol. The molecule has 2 unspecified atom stereocenters. The van der Waals surface area contributed by atoms with Gasteiger partial charge < -0.3 is 5.32 Å². The van der Waals surface area contributed by atoms with Gasteiger partial charge in [-0.2, -0.15) is 5.10 Å². The molecule has 0 saturated carbocycles. The van der Waals surface area contributed by atoms with Gasteiger partial charge in [0, 0.05) is 18.7 Å². The second-order valence-electron chi connectivity index (χ2n) is 6.95. The molecule has 0 bridgehead atoms. The molecule has 1 aliphatic rings. The fourth-order valence-electron chi connectivity index (χ4n) is 3.55. The lowest BCUT2D eigenvalue weighted by Gasteiger charge is -2.22. The summed E-state index contributed by atoms with van der Waals surface area (Å²) in [5.41, 5.74) is 1.61. The lowest BCUT2D eigenvalue weighted by atomic mass is 9.97. The predicted molar refractivity (Wildman–Crippen MR) is 110 cm³/mol. The molecular weight excluding hydrogens is 372 g/mol. The van der Waals surface area contributed by atoms with E-state index >= 15 is 0 Å². The molecule has 8 heteroatoms. The molecule has 3 heterocycles. The molecule has 1 saturated heterocycles. The number of benzene rings is 1. The van der Waals surface area contributed by atoms with Gasteiger partial charge in [0.25, 0.3) is 5.91 Å². The monoisotopic (exact) mass is 396 g/mol. The molecule has 2 aromatic heterocycles. The molecule has 4 rings (SSSR count). The van der Waals surface area contributed by atoms with Crippen LogP contribution in [0.25, 0.3) is 0 Å². The quantitative estimate of drug-likeness (QED) is 0.667. The molecule has 1 fully saturated rings. The van der Waals surface area contributed by atoms with Crippen LogP contribution in [0.4, 0.5) is 5.13 Å². The summed E-state index contributed by atoms with van der Waals surface area (Å²) < 4.78 is 1.88. The third-order valence-corrected chi connectivity index (χ3v) is 6.01. The van der Waals surface area contributed by atoms with E-state index in [0.29, 0.717) is 16.9 Å². The Bertz CT molecular complexity index is 916. The maximum absolute atomic E-state index is 12.6. The molecule has 3 aromatic rings. The molecule has 1 amide bonds. The number of carbonyl (C=O) groups is 1. The van der Waals surface area contributed by atoms with Gasteiger partial charge in [-0.25, -0.2) is 0 Å². The van der Waals surface area contributed by atoms with Gasteiger partial charge in [0.15, 0.2) is 5.69 Å². The number of rotatable bonds is 6. The van der Waals surface area contributed by atoms with Gasteiger partial charge in [-0.15, -0.1) is 10.2 Å². The third kappa shape index (κ3) is 4.13. The van der Waals surface area contributed by atoms with Gasteiger partial charge in [0.05, 0.1) is 6.04 Å². The van der Waals surface area contributed by atoms with Crippen molar-refractivity contribution in [1.29, 1.82) is 0 Å². The first-order valence-electron chi connectivity index (χ1n) is 9.70. The number of piperidine rings is 1. The van der Waals surface area contributed by atoms with Crippen LogP contribution in [-0.2, 0) is 0 Å². The Kier molecular flexibility index (Phi) is 5.78. The van der Waals surface area contributed by atoms with Gasteiger partial charge in [-0.1, -0.05) is 48.6 Å². The topological polar surface area (TPSA) is 84.7 Å². The van der Waals surface area contributed by atoms with Crippen molar-refractivity contribution in [3.63, 3.8) is 0 Å². The summed E-state index contributed by atoms with van der Waals surface area (Å²) in [4.78, 5) is 12.6. The Balaban J connectivity index is 1.43. The fraction of sp³-hybridized carbons (Fsp3) is 0.400. The molecule has 0 spiro atoms. The van der Waals surface area contributed by atoms with Crippen LogP contribution in [0.2, 0.25) is 0 Å². The summed E-state index contributed by atoms with van der Waals surface area (Å²) in [7, 11) is 0. The van der Waals surface area contributed by atoms with Gasteiger partial charge >= 0.3 is 0 Å². The molecule has 0 radical (unpaired) electrons. The molecule has 2 atom stereocenters.